The van der Waals surface area contributed by atoms with E-state index in [9.17, 15) is 5.11 Å². The Labute approximate surface area is 417 Å². The van der Waals surface area contributed by atoms with Gasteiger partial charge in [0.1, 0.15) is 17.4 Å². The van der Waals surface area contributed by atoms with Crippen molar-refractivity contribution in [3.63, 3.8) is 0 Å². The minimum atomic E-state index is 0.211. The lowest BCUT2D eigenvalue weighted by Crippen LogP contribution is -2.04. The van der Waals surface area contributed by atoms with E-state index in [4.69, 9.17) is 9.97 Å². The van der Waals surface area contributed by atoms with Crippen LogP contribution < -0.4 is 0 Å². The maximum Gasteiger partial charge on any atom is 0.148 e. The molecule has 0 bridgehead atoms. The van der Waals surface area contributed by atoms with Gasteiger partial charge in [0, 0.05) is 41.2 Å². The summed E-state index contributed by atoms with van der Waals surface area (Å²) in [4.78, 5) is 10.6. The predicted molar refractivity (Wildman–Crippen MR) is 294 cm³/mol. The molecule has 0 radical (unpaired) electrons. The van der Waals surface area contributed by atoms with Crippen LogP contribution in [0.1, 0.15) is 72.9 Å². The monoisotopic (exact) mass is 920 g/mol. The van der Waals surface area contributed by atoms with Crippen LogP contribution in [-0.4, -0.2) is 24.2 Å². The zero-order valence-electron chi connectivity index (χ0n) is 40.7. The third-order valence-electron chi connectivity index (χ3n) is 13.9. The van der Waals surface area contributed by atoms with E-state index in [0.29, 0.717) is 36.1 Å². The molecule has 11 rings (SSSR count). The first-order valence-corrected chi connectivity index (χ1v) is 24.8. The number of para-hydroxylation sites is 2. The summed E-state index contributed by atoms with van der Waals surface area (Å²) in [6.45, 7) is 9.07. The van der Waals surface area contributed by atoms with E-state index in [-0.39, 0.29) is 5.75 Å². The van der Waals surface area contributed by atoms with Gasteiger partial charge in [0.15, 0.2) is 0 Å². The number of fused-ring (bicyclic) bond motifs is 1. The van der Waals surface area contributed by atoms with Crippen molar-refractivity contribution in [3.05, 3.63) is 258 Å². The number of benzene rings is 9. The molecule has 11 aromatic rings. The van der Waals surface area contributed by atoms with Crippen LogP contribution in [0.25, 0.3) is 78.6 Å². The fraction of sp³-hybridized carbons (Fsp3) is 0.121. The molecule has 0 saturated carbocycles. The van der Waals surface area contributed by atoms with Crippen LogP contribution in [0.5, 0.6) is 5.75 Å². The van der Waals surface area contributed by atoms with Gasteiger partial charge < -0.3 is 5.11 Å². The van der Waals surface area contributed by atoms with Gasteiger partial charge in [-0.1, -0.05) is 210 Å². The third-order valence-corrected chi connectivity index (χ3v) is 13.9. The number of phenols is 1. The lowest BCUT2D eigenvalue weighted by Gasteiger charge is -2.20. The molecule has 71 heavy (non-hydrogen) atoms. The first-order chi connectivity index (χ1) is 34.8. The second-order valence-corrected chi connectivity index (χ2v) is 19.2. The van der Waals surface area contributed by atoms with Gasteiger partial charge in [-0.25, -0.2) is 9.97 Å². The average molecular weight is 921 g/mol. The Balaban J connectivity index is 1.04. The van der Waals surface area contributed by atoms with Crippen molar-refractivity contribution in [3.8, 4) is 73.3 Å². The average Bonchev–Trinajstić information content (AvgIpc) is 4.07. The van der Waals surface area contributed by atoms with Gasteiger partial charge >= 0.3 is 0 Å². The highest BCUT2D eigenvalue weighted by molar-refractivity contribution is 5.89. The summed E-state index contributed by atoms with van der Waals surface area (Å²) in [5, 5.41) is 12.8. The summed E-state index contributed by atoms with van der Waals surface area (Å²) in [6.07, 6.45) is 5.02. The Morgan fingerprint density at radius 1 is 0.437 bits per heavy atom. The zero-order valence-corrected chi connectivity index (χ0v) is 40.7. The summed E-state index contributed by atoms with van der Waals surface area (Å²) < 4.78 is 4.51. The minimum absolute atomic E-state index is 0.211. The number of hydrogen-bond acceptors (Lipinski definition) is 3. The van der Waals surface area contributed by atoms with Gasteiger partial charge in [-0.2, -0.15) is 0 Å². The van der Waals surface area contributed by atoms with Crippen LogP contribution in [0, 0.1) is 0 Å². The van der Waals surface area contributed by atoms with E-state index in [0.717, 1.165) is 83.9 Å². The highest BCUT2D eigenvalue weighted by atomic mass is 16.3. The van der Waals surface area contributed by atoms with Crippen LogP contribution in [0.3, 0.4) is 0 Å². The van der Waals surface area contributed by atoms with E-state index in [1.165, 1.54) is 16.7 Å². The molecule has 0 atom stereocenters. The van der Waals surface area contributed by atoms with Crippen LogP contribution in [0.4, 0.5) is 0 Å². The molecule has 346 valence electrons. The summed E-state index contributed by atoms with van der Waals surface area (Å²) >= 11 is 0. The highest BCUT2D eigenvalue weighted by Crippen LogP contribution is 2.43. The molecule has 0 unspecified atom stereocenters. The topological polar surface area (TPSA) is 55.9 Å². The molecular formula is C66H56N4O. The fourth-order valence-electron chi connectivity index (χ4n) is 10.1. The fourth-order valence-corrected chi connectivity index (χ4v) is 10.1. The molecule has 0 fully saturated rings. The number of aromatic hydroxyl groups is 1. The second kappa shape index (κ2) is 19.5. The van der Waals surface area contributed by atoms with Crippen LogP contribution >= 0.6 is 0 Å². The molecule has 2 aromatic heterocycles. The molecule has 5 heteroatoms. The standard InChI is InChI=1S/C66H56N4O/c1-44(2)53-39-54(45(3)4)42-57(41-53)70-61-34-19-31-52(62(61)68-65(70)49-27-15-8-16-28-49)37-50-29-17-18-30-51(50)38-56-40-55(46-21-9-5-10-22-46)43-60(64(56)71)66-67-35-36-69(66)63-58(47-23-11-6-12-24-47)32-20-33-59(63)48-25-13-7-14-26-48/h5-36,39-45,71H,37-38H2,1-4H3. The van der Waals surface area contributed by atoms with Crippen molar-refractivity contribution in [1.29, 1.82) is 0 Å². The van der Waals surface area contributed by atoms with E-state index in [2.05, 4.69) is 231 Å². The Kier molecular flexibility index (Phi) is 12.3. The number of hydrogen-bond donors (Lipinski definition) is 1. The maximum absolute atomic E-state index is 12.8. The van der Waals surface area contributed by atoms with Crippen molar-refractivity contribution in [2.24, 2.45) is 0 Å². The van der Waals surface area contributed by atoms with Gasteiger partial charge in [-0.3, -0.25) is 9.13 Å². The lowest BCUT2D eigenvalue weighted by atomic mass is 9.91. The normalized spacial score (nSPS) is 11.5. The molecule has 0 aliphatic heterocycles. The van der Waals surface area contributed by atoms with E-state index < -0.39 is 0 Å². The number of aromatic nitrogens is 4. The first kappa shape index (κ1) is 44.9. The van der Waals surface area contributed by atoms with Crippen molar-refractivity contribution >= 4 is 11.0 Å². The van der Waals surface area contributed by atoms with Crippen LogP contribution in [0.2, 0.25) is 0 Å². The number of nitrogens with zero attached hydrogens (tertiary/aromatic N) is 4. The van der Waals surface area contributed by atoms with E-state index >= 15 is 0 Å². The molecule has 2 heterocycles. The molecular weight excluding hydrogens is 865 g/mol. The molecule has 0 saturated heterocycles. The Morgan fingerprint density at radius 3 is 1.52 bits per heavy atom. The molecule has 1 N–H and O–H groups in total. The van der Waals surface area contributed by atoms with Crippen LogP contribution in [0.15, 0.2) is 225 Å². The molecule has 0 aliphatic rings. The number of phenolic OH excluding ortho intramolecular Hbond substituents is 1. The molecule has 0 amide bonds. The quantitative estimate of drug-likeness (QED) is 0.125. The Morgan fingerprint density at radius 2 is 0.944 bits per heavy atom. The molecule has 0 spiro atoms. The van der Waals surface area contributed by atoms with Crippen molar-refractivity contribution < 1.29 is 5.11 Å². The van der Waals surface area contributed by atoms with Crippen molar-refractivity contribution in [2.75, 3.05) is 0 Å². The SMILES string of the molecule is CC(C)c1cc(C(C)C)cc(-n2c(-c3ccccc3)nc3c(Cc4ccccc4Cc4cc(-c5ccccc5)cc(-c5nccn5-c5c(-c6ccccc6)cccc5-c5ccccc5)c4O)cccc32)c1. The van der Waals surface area contributed by atoms with Crippen LogP contribution in [-0.2, 0) is 12.8 Å². The van der Waals surface area contributed by atoms with Gasteiger partial charge in [0.25, 0.3) is 0 Å². The van der Waals surface area contributed by atoms with E-state index in [1.807, 2.05) is 30.6 Å². The summed E-state index contributed by atoms with van der Waals surface area (Å²) in [6, 6.07) is 75.0. The number of rotatable bonds is 13. The predicted octanol–water partition coefficient (Wildman–Crippen LogP) is 16.7. The van der Waals surface area contributed by atoms with E-state index in [1.54, 1.807) is 0 Å². The summed E-state index contributed by atoms with van der Waals surface area (Å²) in [7, 11) is 0. The Hall–Kier alpha value is -8.54. The summed E-state index contributed by atoms with van der Waals surface area (Å²) in [5.41, 5.74) is 19.2. The highest BCUT2D eigenvalue weighted by Gasteiger charge is 2.24. The first-order valence-electron chi connectivity index (χ1n) is 24.8. The lowest BCUT2D eigenvalue weighted by molar-refractivity contribution is 0.471. The minimum Gasteiger partial charge on any atom is -0.507 e. The third kappa shape index (κ3) is 8.88. The molecule has 0 aliphatic carbocycles. The van der Waals surface area contributed by atoms with Gasteiger partial charge in [0.05, 0.1) is 22.3 Å². The largest absolute Gasteiger partial charge is 0.507 e. The molecule has 5 nitrogen and oxygen atoms in total. The smallest absolute Gasteiger partial charge is 0.148 e. The summed E-state index contributed by atoms with van der Waals surface area (Å²) in [5.74, 6) is 2.55. The van der Waals surface area contributed by atoms with Gasteiger partial charge in [-0.05, 0) is 104 Å². The maximum atomic E-state index is 12.8. The van der Waals surface area contributed by atoms with Gasteiger partial charge in [-0.15, -0.1) is 0 Å². The number of imidazole rings is 2. The second-order valence-electron chi connectivity index (χ2n) is 19.2. The van der Waals surface area contributed by atoms with Crippen molar-refractivity contribution in [1.82, 2.24) is 19.1 Å². The molecule has 9 aromatic carbocycles. The van der Waals surface area contributed by atoms with Crippen molar-refractivity contribution in [2.45, 2.75) is 52.4 Å². The van der Waals surface area contributed by atoms with Gasteiger partial charge in [0.2, 0.25) is 0 Å². The zero-order chi connectivity index (χ0) is 48.4. The Bertz CT molecular complexity index is 3560.